The van der Waals surface area contributed by atoms with Gasteiger partial charge < -0.3 is 4.74 Å². The first-order chi connectivity index (χ1) is 10.1. The van der Waals surface area contributed by atoms with Crippen molar-refractivity contribution in [2.24, 2.45) is 0 Å². The van der Waals surface area contributed by atoms with E-state index in [1.165, 1.54) is 0 Å². The SMILES string of the molecule is CCOc1ccc(C(=O)CS(=O)c2ccccc2Cl)cc1. The number of carbonyl (C=O) groups is 1. The number of rotatable bonds is 6. The minimum Gasteiger partial charge on any atom is -0.494 e. The Hall–Kier alpha value is -1.65. The molecule has 5 heteroatoms. The number of ketones is 1. The Morgan fingerprint density at radius 2 is 1.81 bits per heavy atom. The molecule has 2 aromatic carbocycles. The first-order valence-corrected chi connectivity index (χ1v) is 8.20. The molecule has 0 radical (unpaired) electrons. The fraction of sp³-hybridized carbons (Fsp3) is 0.188. The minimum absolute atomic E-state index is 0.0856. The maximum Gasteiger partial charge on any atom is 0.175 e. The third-order valence-electron chi connectivity index (χ3n) is 2.83. The van der Waals surface area contributed by atoms with E-state index in [2.05, 4.69) is 0 Å². The van der Waals surface area contributed by atoms with Gasteiger partial charge >= 0.3 is 0 Å². The van der Waals surface area contributed by atoms with Crippen LogP contribution in [0.25, 0.3) is 0 Å². The van der Waals surface area contributed by atoms with Crippen molar-refractivity contribution in [3.8, 4) is 5.75 Å². The highest BCUT2D eigenvalue weighted by atomic mass is 35.5. The highest BCUT2D eigenvalue weighted by molar-refractivity contribution is 7.86. The molecule has 21 heavy (non-hydrogen) atoms. The lowest BCUT2D eigenvalue weighted by molar-refractivity contribution is 0.102. The van der Waals surface area contributed by atoms with Crippen molar-refractivity contribution in [1.29, 1.82) is 0 Å². The molecule has 110 valence electrons. The van der Waals surface area contributed by atoms with Crippen LogP contribution < -0.4 is 4.74 Å². The first kappa shape index (κ1) is 15.7. The van der Waals surface area contributed by atoms with Crippen molar-refractivity contribution in [3.63, 3.8) is 0 Å². The lowest BCUT2D eigenvalue weighted by Crippen LogP contribution is -2.11. The van der Waals surface area contributed by atoms with E-state index in [9.17, 15) is 9.00 Å². The summed E-state index contributed by atoms with van der Waals surface area (Å²) in [5.74, 6) is 0.440. The molecule has 2 rings (SSSR count). The largest absolute Gasteiger partial charge is 0.494 e. The van der Waals surface area contributed by atoms with Crippen LogP contribution >= 0.6 is 11.6 Å². The highest BCUT2D eigenvalue weighted by Gasteiger charge is 2.14. The zero-order valence-electron chi connectivity index (χ0n) is 11.5. The molecule has 0 amide bonds. The predicted octanol–water partition coefficient (Wildman–Crippen LogP) is 3.73. The number of carbonyl (C=O) groups excluding carboxylic acids is 1. The van der Waals surface area contributed by atoms with Gasteiger partial charge in [-0.3, -0.25) is 9.00 Å². The summed E-state index contributed by atoms with van der Waals surface area (Å²) in [6, 6.07) is 13.7. The molecule has 0 aliphatic heterocycles. The van der Waals surface area contributed by atoms with E-state index in [4.69, 9.17) is 16.3 Å². The summed E-state index contributed by atoms with van der Waals surface area (Å²) in [5, 5.41) is 0.412. The Morgan fingerprint density at radius 3 is 2.43 bits per heavy atom. The van der Waals surface area contributed by atoms with Crippen LogP contribution in [0.15, 0.2) is 53.4 Å². The number of benzene rings is 2. The molecule has 0 spiro atoms. The highest BCUT2D eigenvalue weighted by Crippen LogP contribution is 2.20. The standard InChI is InChI=1S/C16H15ClO3S/c1-2-20-13-9-7-12(8-10-13)15(18)11-21(19)16-6-4-3-5-14(16)17/h3-10H,2,11H2,1H3. The van der Waals surface area contributed by atoms with Gasteiger partial charge in [-0.05, 0) is 43.3 Å². The van der Waals surface area contributed by atoms with Gasteiger partial charge in [0.25, 0.3) is 0 Å². The number of Topliss-reactive ketones (excluding diaryl/α,β-unsaturated/α-hetero) is 1. The molecule has 0 N–H and O–H groups in total. The van der Waals surface area contributed by atoms with Gasteiger partial charge in [0, 0.05) is 5.56 Å². The van der Waals surface area contributed by atoms with Gasteiger partial charge in [0.15, 0.2) is 5.78 Å². The summed E-state index contributed by atoms with van der Waals surface area (Å²) in [7, 11) is -1.45. The van der Waals surface area contributed by atoms with Crippen LogP contribution in [0.1, 0.15) is 17.3 Å². The Morgan fingerprint density at radius 1 is 1.14 bits per heavy atom. The van der Waals surface area contributed by atoms with Gasteiger partial charge in [-0.15, -0.1) is 0 Å². The molecule has 0 bridgehead atoms. The molecular weight excluding hydrogens is 308 g/mol. The van der Waals surface area contributed by atoms with Crippen molar-refractivity contribution in [2.45, 2.75) is 11.8 Å². The number of halogens is 1. The maximum atomic E-state index is 12.2. The molecule has 0 aromatic heterocycles. The minimum atomic E-state index is -1.45. The molecule has 2 aromatic rings. The summed E-state index contributed by atoms with van der Waals surface area (Å²) in [6.07, 6.45) is 0. The average molecular weight is 323 g/mol. The second kappa shape index (κ2) is 7.38. The molecule has 0 aliphatic rings. The van der Waals surface area contributed by atoms with Crippen LogP contribution in [0.3, 0.4) is 0 Å². The van der Waals surface area contributed by atoms with E-state index < -0.39 is 10.8 Å². The summed E-state index contributed by atoms with van der Waals surface area (Å²) >= 11 is 5.98. The Kier molecular flexibility index (Phi) is 5.53. The fourth-order valence-corrected chi connectivity index (χ4v) is 3.28. The quantitative estimate of drug-likeness (QED) is 0.761. The smallest absolute Gasteiger partial charge is 0.175 e. The van der Waals surface area contributed by atoms with E-state index in [1.807, 2.05) is 6.92 Å². The van der Waals surface area contributed by atoms with E-state index in [-0.39, 0.29) is 11.5 Å². The molecule has 1 unspecified atom stereocenters. The summed E-state index contributed by atoms with van der Waals surface area (Å²) in [5.41, 5.74) is 0.513. The zero-order valence-corrected chi connectivity index (χ0v) is 13.1. The molecular formula is C16H15ClO3S. The normalized spacial score (nSPS) is 11.9. The Balaban J connectivity index is 2.07. The summed E-state index contributed by atoms with van der Waals surface area (Å²) in [4.78, 5) is 12.6. The van der Waals surface area contributed by atoms with Gasteiger partial charge in [-0.25, -0.2) is 0 Å². The molecule has 0 heterocycles. The van der Waals surface area contributed by atoms with E-state index in [0.29, 0.717) is 27.8 Å². The van der Waals surface area contributed by atoms with Gasteiger partial charge in [-0.2, -0.15) is 0 Å². The van der Waals surface area contributed by atoms with E-state index in [1.54, 1.807) is 48.5 Å². The number of hydrogen-bond acceptors (Lipinski definition) is 3. The first-order valence-electron chi connectivity index (χ1n) is 6.50. The van der Waals surface area contributed by atoms with Crippen LogP contribution in [-0.4, -0.2) is 22.4 Å². The Bertz CT molecular complexity index is 653. The monoisotopic (exact) mass is 322 g/mol. The lowest BCUT2D eigenvalue weighted by Gasteiger charge is -2.06. The van der Waals surface area contributed by atoms with Gasteiger partial charge in [0.05, 0.1) is 33.1 Å². The topological polar surface area (TPSA) is 43.4 Å². The molecule has 3 nitrogen and oxygen atoms in total. The number of ether oxygens (including phenoxy) is 1. The van der Waals surface area contributed by atoms with Gasteiger partial charge in [0.2, 0.25) is 0 Å². The average Bonchev–Trinajstić information content (AvgIpc) is 2.48. The third-order valence-corrected chi connectivity index (χ3v) is 4.64. The van der Waals surface area contributed by atoms with Crippen molar-refractivity contribution in [3.05, 3.63) is 59.1 Å². The summed E-state index contributed by atoms with van der Waals surface area (Å²) in [6.45, 7) is 2.47. The van der Waals surface area contributed by atoms with Crippen LogP contribution in [0.5, 0.6) is 5.75 Å². The number of hydrogen-bond donors (Lipinski definition) is 0. The van der Waals surface area contributed by atoms with Crippen LogP contribution in [0.4, 0.5) is 0 Å². The fourth-order valence-electron chi connectivity index (χ4n) is 1.81. The van der Waals surface area contributed by atoms with Crippen LogP contribution in [-0.2, 0) is 10.8 Å². The molecule has 0 aliphatic carbocycles. The van der Waals surface area contributed by atoms with E-state index in [0.717, 1.165) is 0 Å². The van der Waals surface area contributed by atoms with Crippen LogP contribution in [0.2, 0.25) is 5.02 Å². The molecule has 0 saturated heterocycles. The molecule has 0 fully saturated rings. The van der Waals surface area contributed by atoms with Crippen molar-refractivity contribution >= 4 is 28.2 Å². The van der Waals surface area contributed by atoms with Crippen molar-refractivity contribution in [1.82, 2.24) is 0 Å². The lowest BCUT2D eigenvalue weighted by atomic mass is 10.1. The molecule has 0 saturated carbocycles. The zero-order chi connectivity index (χ0) is 15.2. The van der Waals surface area contributed by atoms with Crippen molar-refractivity contribution < 1.29 is 13.7 Å². The maximum absolute atomic E-state index is 12.2. The third kappa shape index (κ3) is 4.16. The second-order valence-electron chi connectivity index (χ2n) is 4.30. The van der Waals surface area contributed by atoms with Crippen LogP contribution in [0, 0.1) is 0 Å². The van der Waals surface area contributed by atoms with E-state index >= 15 is 0 Å². The second-order valence-corrected chi connectivity index (χ2v) is 6.13. The van der Waals surface area contributed by atoms with Gasteiger partial charge in [-0.1, -0.05) is 23.7 Å². The molecule has 1 atom stereocenters. The summed E-state index contributed by atoms with van der Waals surface area (Å²) < 4.78 is 17.5. The Labute approximate surface area is 131 Å². The predicted molar refractivity (Wildman–Crippen MR) is 84.7 cm³/mol. The van der Waals surface area contributed by atoms with Gasteiger partial charge in [0.1, 0.15) is 5.75 Å². The van der Waals surface area contributed by atoms with Crippen molar-refractivity contribution in [2.75, 3.05) is 12.4 Å².